The molecule has 1 rings (SSSR count). The molecule has 1 aromatic rings. The summed E-state index contributed by atoms with van der Waals surface area (Å²) in [5.41, 5.74) is 0.221. The van der Waals surface area contributed by atoms with Crippen LogP contribution in [-0.2, 0) is 11.2 Å². The third kappa shape index (κ3) is 4.06. The highest BCUT2D eigenvalue weighted by atomic mass is 32.1. The first-order valence-electron chi connectivity index (χ1n) is 5.51. The highest BCUT2D eigenvalue weighted by Crippen LogP contribution is 2.23. The number of anilines is 1. The van der Waals surface area contributed by atoms with Gasteiger partial charge in [-0.05, 0) is 12.3 Å². The number of hydrogen-bond donors (Lipinski definition) is 1. The van der Waals surface area contributed by atoms with Crippen LogP contribution in [0.1, 0.15) is 33.5 Å². The topological polar surface area (TPSA) is 47.0 Å². The van der Waals surface area contributed by atoms with Gasteiger partial charge in [0.25, 0.3) is 0 Å². The first-order valence-corrected chi connectivity index (χ1v) is 6.29. The Labute approximate surface area is 102 Å². The number of nitrogens with one attached hydrogen (secondary N) is 1. The summed E-state index contributed by atoms with van der Waals surface area (Å²) in [4.78, 5) is 4.42. The molecule has 92 valence electrons. The predicted molar refractivity (Wildman–Crippen MR) is 68.0 cm³/mol. The van der Waals surface area contributed by atoms with Gasteiger partial charge in [-0.25, -0.2) is 4.98 Å². The van der Waals surface area contributed by atoms with Gasteiger partial charge in [0.05, 0.1) is 6.61 Å². The van der Waals surface area contributed by atoms with Gasteiger partial charge in [0, 0.05) is 31.1 Å². The van der Waals surface area contributed by atoms with Crippen molar-refractivity contribution in [2.75, 3.05) is 19.0 Å². The number of rotatable bonds is 5. The minimum atomic E-state index is 0.221. The summed E-state index contributed by atoms with van der Waals surface area (Å²) in [5, 5.41) is 4.28. The molecule has 5 heteroatoms. The molecular weight excluding hydrogens is 222 g/mol. The van der Waals surface area contributed by atoms with E-state index < -0.39 is 0 Å². The highest BCUT2D eigenvalue weighted by molar-refractivity contribution is 7.09. The molecule has 0 aliphatic carbocycles. The summed E-state index contributed by atoms with van der Waals surface area (Å²) < 4.78 is 9.27. The van der Waals surface area contributed by atoms with Crippen LogP contribution in [0.15, 0.2) is 0 Å². The van der Waals surface area contributed by atoms with Crippen molar-refractivity contribution >= 4 is 16.7 Å². The molecule has 1 atom stereocenters. The number of hydrogen-bond acceptors (Lipinski definition) is 5. The normalized spacial score (nSPS) is 13.8. The first-order chi connectivity index (χ1) is 7.43. The van der Waals surface area contributed by atoms with E-state index in [0.717, 1.165) is 17.4 Å². The Morgan fingerprint density at radius 3 is 2.69 bits per heavy atom. The summed E-state index contributed by atoms with van der Waals surface area (Å²) >= 11 is 1.42. The second-order valence-electron chi connectivity index (χ2n) is 4.99. The molecule has 4 nitrogen and oxygen atoms in total. The van der Waals surface area contributed by atoms with Crippen LogP contribution in [0.5, 0.6) is 0 Å². The van der Waals surface area contributed by atoms with E-state index in [-0.39, 0.29) is 5.41 Å². The lowest BCUT2D eigenvalue weighted by atomic mass is 9.88. The maximum Gasteiger partial charge on any atom is 0.202 e. The van der Waals surface area contributed by atoms with E-state index in [4.69, 9.17) is 4.74 Å². The zero-order valence-electron chi connectivity index (χ0n) is 10.7. The van der Waals surface area contributed by atoms with Gasteiger partial charge in [-0.15, -0.1) is 0 Å². The second-order valence-corrected chi connectivity index (χ2v) is 5.74. The van der Waals surface area contributed by atoms with Gasteiger partial charge in [0.2, 0.25) is 5.13 Å². The van der Waals surface area contributed by atoms with Gasteiger partial charge < -0.3 is 10.1 Å². The molecule has 0 aliphatic rings. The van der Waals surface area contributed by atoms with Crippen LogP contribution in [0.2, 0.25) is 0 Å². The summed E-state index contributed by atoms with van der Waals surface area (Å²) in [6.07, 6.45) is 0.776. The van der Waals surface area contributed by atoms with Crippen LogP contribution in [0.4, 0.5) is 5.13 Å². The van der Waals surface area contributed by atoms with Gasteiger partial charge in [-0.3, -0.25) is 0 Å². The lowest BCUT2D eigenvalue weighted by Gasteiger charge is -2.27. The molecule has 1 unspecified atom stereocenters. The Balaban J connectivity index is 2.52. The van der Waals surface area contributed by atoms with Gasteiger partial charge in [0.1, 0.15) is 5.82 Å². The Morgan fingerprint density at radius 1 is 1.44 bits per heavy atom. The van der Waals surface area contributed by atoms with Crippen LogP contribution in [0.3, 0.4) is 0 Å². The van der Waals surface area contributed by atoms with Gasteiger partial charge in [-0.1, -0.05) is 20.8 Å². The van der Waals surface area contributed by atoms with Crippen LogP contribution in [0.25, 0.3) is 0 Å². The maximum atomic E-state index is 4.99. The van der Waals surface area contributed by atoms with Crippen molar-refractivity contribution in [3.63, 3.8) is 0 Å². The Bertz CT molecular complexity index is 319. The van der Waals surface area contributed by atoms with E-state index >= 15 is 0 Å². The third-order valence-corrected chi connectivity index (χ3v) is 3.32. The molecule has 0 aliphatic heterocycles. The highest BCUT2D eigenvalue weighted by Gasteiger charge is 2.20. The average Bonchev–Trinajstić information content (AvgIpc) is 2.61. The SMILES string of the molecule is COCCc1nsc(NC(C)C(C)(C)C)n1. The van der Waals surface area contributed by atoms with E-state index in [1.54, 1.807) is 7.11 Å². The maximum absolute atomic E-state index is 4.99. The van der Waals surface area contributed by atoms with Gasteiger partial charge in [0.15, 0.2) is 0 Å². The second kappa shape index (κ2) is 5.59. The molecule has 0 amide bonds. The number of methoxy groups -OCH3 is 1. The van der Waals surface area contributed by atoms with Crippen LogP contribution in [0, 0.1) is 5.41 Å². The summed E-state index contributed by atoms with van der Waals surface area (Å²) in [6, 6.07) is 0.371. The molecule has 0 bridgehead atoms. The van der Waals surface area contributed by atoms with Gasteiger partial charge >= 0.3 is 0 Å². The molecular formula is C11H21N3OS. The molecule has 0 saturated carbocycles. The number of ether oxygens (including phenoxy) is 1. The molecule has 0 spiro atoms. The molecule has 0 fully saturated rings. The number of nitrogens with zero attached hydrogens (tertiary/aromatic N) is 2. The fraction of sp³-hybridized carbons (Fsp3) is 0.818. The summed E-state index contributed by atoms with van der Waals surface area (Å²) in [7, 11) is 1.69. The van der Waals surface area contributed by atoms with Crippen molar-refractivity contribution in [2.45, 2.75) is 40.2 Å². The standard InChI is InChI=1S/C11H21N3OS/c1-8(11(2,3)4)12-10-13-9(14-16-10)6-7-15-5/h8H,6-7H2,1-5H3,(H,12,13,14). The lowest BCUT2D eigenvalue weighted by Crippen LogP contribution is -2.30. The minimum Gasteiger partial charge on any atom is -0.384 e. The van der Waals surface area contributed by atoms with Crippen molar-refractivity contribution in [1.29, 1.82) is 0 Å². The minimum absolute atomic E-state index is 0.221. The van der Waals surface area contributed by atoms with Crippen molar-refractivity contribution in [1.82, 2.24) is 9.36 Å². The van der Waals surface area contributed by atoms with Crippen LogP contribution in [-0.4, -0.2) is 29.1 Å². The molecule has 1 heterocycles. The van der Waals surface area contributed by atoms with Crippen molar-refractivity contribution in [3.05, 3.63) is 5.82 Å². The van der Waals surface area contributed by atoms with E-state index in [9.17, 15) is 0 Å². The molecule has 0 saturated heterocycles. The molecule has 16 heavy (non-hydrogen) atoms. The molecule has 1 N–H and O–H groups in total. The van der Waals surface area contributed by atoms with Crippen molar-refractivity contribution < 1.29 is 4.74 Å². The van der Waals surface area contributed by atoms with E-state index in [0.29, 0.717) is 12.6 Å². The zero-order valence-corrected chi connectivity index (χ0v) is 11.5. The van der Waals surface area contributed by atoms with Gasteiger partial charge in [-0.2, -0.15) is 4.37 Å². The number of aromatic nitrogens is 2. The van der Waals surface area contributed by atoms with E-state index in [2.05, 4.69) is 42.4 Å². The predicted octanol–water partition coefficient (Wildman–Crippen LogP) is 2.57. The van der Waals surface area contributed by atoms with E-state index in [1.165, 1.54) is 11.5 Å². The lowest BCUT2D eigenvalue weighted by molar-refractivity contribution is 0.201. The summed E-state index contributed by atoms with van der Waals surface area (Å²) in [5.74, 6) is 0.857. The first kappa shape index (κ1) is 13.4. The Morgan fingerprint density at radius 2 is 2.12 bits per heavy atom. The molecule has 1 aromatic heterocycles. The summed E-state index contributed by atoms with van der Waals surface area (Å²) in [6.45, 7) is 9.45. The molecule has 0 aromatic carbocycles. The van der Waals surface area contributed by atoms with Crippen LogP contribution < -0.4 is 5.32 Å². The van der Waals surface area contributed by atoms with Crippen molar-refractivity contribution in [2.24, 2.45) is 5.41 Å². The quantitative estimate of drug-likeness (QED) is 0.863. The zero-order chi connectivity index (χ0) is 12.2. The van der Waals surface area contributed by atoms with Crippen LogP contribution >= 0.6 is 11.5 Å². The third-order valence-electron chi connectivity index (χ3n) is 2.64. The molecule has 0 radical (unpaired) electrons. The Kier molecular flexibility index (Phi) is 4.68. The van der Waals surface area contributed by atoms with Crippen molar-refractivity contribution in [3.8, 4) is 0 Å². The van der Waals surface area contributed by atoms with E-state index in [1.807, 2.05) is 0 Å². The fourth-order valence-corrected chi connectivity index (χ4v) is 1.71. The fourth-order valence-electron chi connectivity index (χ4n) is 1.01. The smallest absolute Gasteiger partial charge is 0.202 e. The largest absolute Gasteiger partial charge is 0.384 e. The average molecular weight is 243 g/mol. The monoisotopic (exact) mass is 243 g/mol. The Hall–Kier alpha value is -0.680.